The second-order valence-corrected chi connectivity index (χ2v) is 5.43. The van der Waals surface area contributed by atoms with Crippen LogP contribution in [-0.2, 0) is 18.3 Å². The van der Waals surface area contributed by atoms with Crippen molar-refractivity contribution in [2.75, 3.05) is 6.61 Å². The molecule has 102 valence electrons. The summed E-state index contributed by atoms with van der Waals surface area (Å²) in [6.07, 6.45) is -4.76. The van der Waals surface area contributed by atoms with E-state index >= 15 is 0 Å². The van der Waals surface area contributed by atoms with E-state index < -0.39 is 38.5 Å². The van der Waals surface area contributed by atoms with Crippen LogP contribution in [0.25, 0.3) is 0 Å². The van der Waals surface area contributed by atoms with Crippen LogP contribution in [0.2, 0.25) is 0 Å². The molecule has 0 bridgehead atoms. The molecule has 1 aliphatic rings. The van der Waals surface area contributed by atoms with Gasteiger partial charge >= 0.3 is 7.82 Å². The maximum atomic E-state index is 11.4. The third kappa shape index (κ3) is 4.27. The van der Waals surface area contributed by atoms with Crippen LogP contribution in [0.1, 0.15) is 13.8 Å². The van der Waals surface area contributed by atoms with Crippen molar-refractivity contribution in [3.8, 4) is 0 Å². The predicted octanol–water partition coefficient (Wildman–Crippen LogP) is -1.07. The van der Waals surface area contributed by atoms with E-state index in [4.69, 9.17) is 10.5 Å². The number of aliphatic hydroxyl groups is 2. The highest BCUT2D eigenvalue weighted by atomic mass is 31.2. The minimum atomic E-state index is -4.34. The van der Waals surface area contributed by atoms with Crippen LogP contribution in [0.15, 0.2) is 0 Å². The second kappa shape index (κ2) is 5.73. The zero-order valence-corrected chi connectivity index (χ0v) is 10.5. The first kappa shape index (κ1) is 15.0. The van der Waals surface area contributed by atoms with Gasteiger partial charge in [0, 0.05) is 0 Å². The van der Waals surface area contributed by atoms with Gasteiger partial charge in [-0.25, -0.2) is 4.57 Å². The number of phosphoric acid groups is 1. The third-order valence-electron chi connectivity index (χ3n) is 2.10. The van der Waals surface area contributed by atoms with Crippen LogP contribution in [0.5, 0.6) is 0 Å². The zero-order valence-electron chi connectivity index (χ0n) is 9.59. The monoisotopic (exact) mass is 271 g/mol. The molecule has 1 fully saturated rings. The van der Waals surface area contributed by atoms with Crippen molar-refractivity contribution in [3.05, 3.63) is 0 Å². The summed E-state index contributed by atoms with van der Waals surface area (Å²) < 4.78 is 25.6. The fourth-order valence-corrected chi connectivity index (χ4v) is 2.36. The number of nitrogens with two attached hydrogens (primary N) is 1. The van der Waals surface area contributed by atoms with Crippen molar-refractivity contribution in [2.24, 2.45) is 5.73 Å². The van der Waals surface area contributed by atoms with E-state index in [1.807, 2.05) is 0 Å². The zero-order chi connectivity index (χ0) is 13.2. The van der Waals surface area contributed by atoms with Gasteiger partial charge in [0.1, 0.15) is 12.2 Å². The summed E-state index contributed by atoms with van der Waals surface area (Å²) in [5, 5.41) is 19.0. The molecule has 0 saturated carbocycles. The molecule has 1 heterocycles. The molecule has 0 aliphatic carbocycles. The number of hydrogen-bond acceptors (Lipinski definition) is 7. The number of phosphoric ester groups is 1. The van der Waals surface area contributed by atoms with Crippen molar-refractivity contribution >= 4 is 7.82 Å². The fourth-order valence-electron chi connectivity index (χ4n) is 1.33. The molecule has 8 nitrogen and oxygen atoms in total. The first-order chi connectivity index (χ1) is 7.73. The minimum absolute atomic E-state index is 0.0927. The van der Waals surface area contributed by atoms with Crippen LogP contribution in [0.3, 0.4) is 0 Å². The first-order valence-electron chi connectivity index (χ1n) is 5.16. The van der Waals surface area contributed by atoms with Crippen molar-refractivity contribution in [1.82, 2.24) is 0 Å². The average molecular weight is 271 g/mol. The second-order valence-electron chi connectivity index (χ2n) is 4.07. The highest BCUT2D eigenvalue weighted by molar-refractivity contribution is 7.47. The molecule has 1 rings (SSSR count). The molecule has 1 saturated heterocycles. The van der Waals surface area contributed by atoms with E-state index in [0.29, 0.717) is 0 Å². The molecule has 17 heavy (non-hydrogen) atoms. The Kier molecular flexibility index (Phi) is 5.06. The molecule has 0 radical (unpaired) electrons. The predicted molar refractivity (Wildman–Crippen MR) is 56.9 cm³/mol. The van der Waals surface area contributed by atoms with Gasteiger partial charge in [-0.2, -0.15) is 0 Å². The first-order valence-corrected chi connectivity index (χ1v) is 6.65. The highest BCUT2D eigenvalue weighted by Gasteiger charge is 2.41. The van der Waals surface area contributed by atoms with Gasteiger partial charge in [0.25, 0.3) is 0 Å². The standard InChI is InChI=1S/C8H18NO7P/c1-4(2)15-17(12,13)16-8-7(11)6(10)5(9)3-14-8/h4-8,10-11H,3,9H2,1-2H3,(H,12,13)/t5-,6-,7?,8+/m0/s1. The lowest BCUT2D eigenvalue weighted by Gasteiger charge is -2.35. The molecule has 0 spiro atoms. The van der Waals surface area contributed by atoms with Crippen molar-refractivity contribution in [2.45, 2.75) is 44.5 Å². The number of ether oxygens (including phenoxy) is 1. The van der Waals surface area contributed by atoms with Crippen molar-refractivity contribution < 1.29 is 33.5 Å². The van der Waals surface area contributed by atoms with Crippen LogP contribution in [-0.4, -0.2) is 52.4 Å². The van der Waals surface area contributed by atoms with E-state index in [2.05, 4.69) is 9.05 Å². The summed E-state index contributed by atoms with van der Waals surface area (Å²) in [6, 6.07) is -0.769. The normalized spacial score (nSPS) is 38.1. The van der Waals surface area contributed by atoms with E-state index in [1.165, 1.54) is 0 Å². The number of aliphatic hydroxyl groups excluding tert-OH is 2. The molecule has 5 atom stereocenters. The number of rotatable bonds is 4. The Morgan fingerprint density at radius 2 is 2.00 bits per heavy atom. The Morgan fingerprint density at radius 1 is 1.41 bits per heavy atom. The molecule has 1 aliphatic heterocycles. The van der Waals surface area contributed by atoms with Gasteiger partial charge in [0.05, 0.1) is 18.8 Å². The SMILES string of the molecule is CC(C)OP(=O)(O)O[C@H]1OC[C@H](N)[C@H](O)C1O. The minimum Gasteiger partial charge on any atom is -0.388 e. The van der Waals surface area contributed by atoms with Crippen molar-refractivity contribution in [1.29, 1.82) is 0 Å². The van der Waals surface area contributed by atoms with E-state index in [0.717, 1.165) is 0 Å². The molecular weight excluding hydrogens is 253 g/mol. The molecule has 9 heteroatoms. The Labute approximate surface area is 98.9 Å². The molecular formula is C8H18NO7P. The van der Waals surface area contributed by atoms with E-state index in [-0.39, 0.29) is 6.61 Å². The van der Waals surface area contributed by atoms with Gasteiger partial charge in [0.2, 0.25) is 0 Å². The van der Waals surface area contributed by atoms with Gasteiger partial charge in [-0.3, -0.25) is 9.05 Å². The quantitative estimate of drug-likeness (QED) is 0.475. The smallest absolute Gasteiger partial charge is 0.388 e. The average Bonchev–Trinajstić information content (AvgIpc) is 2.17. The largest absolute Gasteiger partial charge is 0.474 e. The summed E-state index contributed by atoms with van der Waals surface area (Å²) in [7, 11) is -4.34. The lowest BCUT2D eigenvalue weighted by atomic mass is 10.0. The Bertz CT molecular complexity index is 300. The Morgan fingerprint density at radius 3 is 2.53 bits per heavy atom. The molecule has 2 unspecified atom stereocenters. The number of hydrogen-bond donors (Lipinski definition) is 4. The van der Waals surface area contributed by atoms with Crippen LogP contribution < -0.4 is 5.73 Å². The van der Waals surface area contributed by atoms with Crippen LogP contribution in [0, 0.1) is 0 Å². The maximum Gasteiger partial charge on any atom is 0.474 e. The third-order valence-corrected chi connectivity index (χ3v) is 3.26. The summed E-state index contributed by atoms with van der Waals surface area (Å²) >= 11 is 0. The summed E-state index contributed by atoms with van der Waals surface area (Å²) in [5.74, 6) is 0. The molecule has 0 aromatic rings. The Hall–Kier alpha value is -0.0500. The molecule has 5 N–H and O–H groups in total. The van der Waals surface area contributed by atoms with Gasteiger partial charge in [-0.05, 0) is 13.8 Å². The highest BCUT2D eigenvalue weighted by Crippen LogP contribution is 2.46. The van der Waals surface area contributed by atoms with Gasteiger partial charge in [0.15, 0.2) is 6.29 Å². The summed E-state index contributed by atoms with van der Waals surface area (Å²) in [4.78, 5) is 9.31. The van der Waals surface area contributed by atoms with Crippen LogP contribution in [0.4, 0.5) is 0 Å². The molecule has 0 aromatic carbocycles. The summed E-state index contributed by atoms with van der Waals surface area (Å²) in [6.45, 7) is 3.01. The van der Waals surface area contributed by atoms with Gasteiger partial charge in [-0.15, -0.1) is 0 Å². The lowest BCUT2D eigenvalue weighted by molar-refractivity contribution is -0.220. The fraction of sp³-hybridized carbons (Fsp3) is 1.00. The molecule has 0 aromatic heterocycles. The maximum absolute atomic E-state index is 11.4. The van der Waals surface area contributed by atoms with Crippen molar-refractivity contribution in [3.63, 3.8) is 0 Å². The topological polar surface area (TPSA) is 131 Å². The molecule has 0 amide bonds. The summed E-state index contributed by atoms with van der Waals surface area (Å²) in [5.41, 5.74) is 5.42. The van der Waals surface area contributed by atoms with Crippen LogP contribution >= 0.6 is 7.82 Å². The lowest BCUT2D eigenvalue weighted by Crippen LogP contribution is -2.56. The van der Waals surface area contributed by atoms with E-state index in [1.54, 1.807) is 13.8 Å². The van der Waals surface area contributed by atoms with Gasteiger partial charge < -0.3 is 25.6 Å². The van der Waals surface area contributed by atoms with Gasteiger partial charge in [-0.1, -0.05) is 0 Å². The van der Waals surface area contributed by atoms with E-state index in [9.17, 15) is 19.7 Å². The Balaban J connectivity index is 2.60.